The monoisotopic (exact) mass is 295 g/mol. The molecule has 0 aliphatic rings. The fraction of sp³-hybridized carbons (Fsp3) is 0.267. The normalized spacial score (nSPS) is 11.4. The zero-order chi connectivity index (χ0) is 15.5. The first-order valence-corrected chi connectivity index (χ1v) is 6.53. The van der Waals surface area contributed by atoms with Crippen LogP contribution in [0.3, 0.4) is 0 Å². The van der Waals surface area contributed by atoms with Gasteiger partial charge in [-0.2, -0.15) is 13.2 Å². The molecule has 0 spiro atoms. The Labute approximate surface area is 121 Å². The summed E-state index contributed by atoms with van der Waals surface area (Å²) in [4.78, 5) is 5.77. The van der Waals surface area contributed by atoms with Crippen LogP contribution in [0.4, 0.5) is 24.8 Å². The molecule has 0 atom stereocenters. The standard InChI is InChI=1S/C15H16F3N3/c1-2-21(10-11-6-4-3-5-7-11)14-9-12(15(16,17)18)8-13(19)20-14/h3-9H,2,10H2,1H3,(H2,19,20). The van der Waals surface area contributed by atoms with Crippen LogP contribution in [0.15, 0.2) is 42.5 Å². The van der Waals surface area contributed by atoms with Crippen LogP contribution in [-0.4, -0.2) is 11.5 Å². The second-order valence-corrected chi connectivity index (χ2v) is 4.64. The van der Waals surface area contributed by atoms with E-state index >= 15 is 0 Å². The van der Waals surface area contributed by atoms with Gasteiger partial charge in [-0.25, -0.2) is 4.98 Å². The van der Waals surface area contributed by atoms with Crippen LogP contribution in [0.1, 0.15) is 18.1 Å². The zero-order valence-corrected chi connectivity index (χ0v) is 11.6. The Kier molecular flexibility index (Phi) is 4.35. The van der Waals surface area contributed by atoms with Gasteiger partial charge in [0.15, 0.2) is 0 Å². The number of hydrogen-bond acceptors (Lipinski definition) is 3. The molecule has 2 rings (SSSR count). The van der Waals surface area contributed by atoms with Crippen molar-refractivity contribution in [2.75, 3.05) is 17.2 Å². The molecule has 1 heterocycles. The highest BCUT2D eigenvalue weighted by Crippen LogP contribution is 2.32. The molecule has 0 saturated heterocycles. The number of nitrogen functional groups attached to an aromatic ring is 1. The van der Waals surface area contributed by atoms with Gasteiger partial charge in [0.05, 0.1) is 5.56 Å². The molecule has 1 aromatic heterocycles. The summed E-state index contributed by atoms with van der Waals surface area (Å²) in [5.74, 6) is 0.0972. The van der Waals surface area contributed by atoms with Gasteiger partial charge >= 0.3 is 6.18 Å². The molecule has 0 bridgehead atoms. The van der Waals surface area contributed by atoms with Gasteiger partial charge in [0.1, 0.15) is 11.6 Å². The second-order valence-electron chi connectivity index (χ2n) is 4.64. The molecule has 2 N–H and O–H groups in total. The Morgan fingerprint density at radius 2 is 1.81 bits per heavy atom. The molecule has 6 heteroatoms. The maximum absolute atomic E-state index is 12.8. The molecule has 0 unspecified atom stereocenters. The number of benzene rings is 1. The van der Waals surface area contributed by atoms with Gasteiger partial charge in [-0.05, 0) is 24.6 Å². The first-order chi connectivity index (χ1) is 9.90. The third-order valence-electron chi connectivity index (χ3n) is 3.08. The predicted molar refractivity (Wildman–Crippen MR) is 76.8 cm³/mol. The van der Waals surface area contributed by atoms with Crippen LogP contribution < -0.4 is 10.6 Å². The van der Waals surface area contributed by atoms with E-state index in [9.17, 15) is 13.2 Å². The molecule has 1 aromatic carbocycles. The van der Waals surface area contributed by atoms with Gasteiger partial charge in [0.2, 0.25) is 0 Å². The first-order valence-electron chi connectivity index (χ1n) is 6.53. The molecule has 112 valence electrons. The highest BCUT2D eigenvalue weighted by molar-refractivity contribution is 5.49. The van der Waals surface area contributed by atoms with E-state index in [0.29, 0.717) is 13.1 Å². The molecule has 2 aromatic rings. The highest BCUT2D eigenvalue weighted by Gasteiger charge is 2.32. The third-order valence-corrected chi connectivity index (χ3v) is 3.08. The number of halogens is 3. The minimum absolute atomic E-state index is 0.133. The molecule has 3 nitrogen and oxygen atoms in total. The number of nitrogens with two attached hydrogens (primary N) is 1. The molecule has 0 aliphatic carbocycles. The molecule has 0 fully saturated rings. The molecular formula is C15H16F3N3. The maximum Gasteiger partial charge on any atom is 0.416 e. The van der Waals surface area contributed by atoms with Crippen molar-refractivity contribution >= 4 is 11.6 Å². The van der Waals surface area contributed by atoms with E-state index in [1.807, 2.05) is 37.3 Å². The Bertz CT molecular complexity index is 597. The molecule has 0 aliphatic heterocycles. The van der Waals surface area contributed by atoms with Crippen LogP contribution in [0.5, 0.6) is 0 Å². The summed E-state index contributed by atoms with van der Waals surface area (Å²) >= 11 is 0. The number of pyridine rings is 1. The zero-order valence-electron chi connectivity index (χ0n) is 11.6. The molecular weight excluding hydrogens is 279 g/mol. The van der Waals surface area contributed by atoms with Crippen molar-refractivity contribution in [2.45, 2.75) is 19.6 Å². The smallest absolute Gasteiger partial charge is 0.384 e. The quantitative estimate of drug-likeness (QED) is 0.935. The number of rotatable bonds is 4. The minimum atomic E-state index is -4.43. The summed E-state index contributed by atoms with van der Waals surface area (Å²) < 4.78 is 38.5. The summed E-state index contributed by atoms with van der Waals surface area (Å²) in [6.45, 7) is 2.87. The summed E-state index contributed by atoms with van der Waals surface area (Å²) in [7, 11) is 0. The fourth-order valence-corrected chi connectivity index (χ4v) is 2.02. The van der Waals surface area contributed by atoms with Crippen LogP contribution in [0.25, 0.3) is 0 Å². The van der Waals surface area contributed by atoms with Gasteiger partial charge in [0.25, 0.3) is 0 Å². The SMILES string of the molecule is CCN(Cc1ccccc1)c1cc(C(F)(F)F)cc(N)n1. The molecule has 0 amide bonds. The summed E-state index contributed by atoms with van der Waals surface area (Å²) in [5, 5.41) is 0. The van der Waals surface area contributed by atoms with Gasteiger partial charge in [-0.1, -0.05) is 30.3 Å². The van der Waals surface area contributed by atoms with Crippen molar-refractivity contribution in [3.05, 3.63) is 53.6 Å². The third kappa shape index (κ3) is 3.87. The maximum atomic E-state index is 12.8. The van der Waals surface area contributed by atoms with E-state index in [1.54, 1.807) is 4.90 Å². The van der Waals surface area contributed by atoms with E-state index in [1.165, 1.54) is 0 Å². The summed E-state index contributed by atoms with van der Waals surface area (Å²) in [6.07, 6.45) is -4.43. The van der Waals surface area contributed by atoms with Crippen LogP contribution in [0, 0.1) is 0 Å². The average molecular weight is 295 g/mol. The summed E-state index contributed by atoms with van der Waals surface area (Å²) in [6, 6.07) is 11.4. The number of nitrogens with zero attached hydrogens (tertiary/aromatic N) is 2. The number of alkyl halides is 3. The Morgan fingerprint density at radius 1 is 1.14 bits per heavy atom. The van der Waals surface area contributed by atoms with Gasteiger partial charge < -0.3 is 10.6 Å². The molecule has 0 saturated carbocycles. The van der Waals surface area contributed by atoms with Gasteiger partial charge in [-0.3, -0.25) is 0 Å². The number of hydrogen-bond donors (Lipinski definition) is 1. The summed E-state index contributed by atoms with van der Waals surface area (Å²) in [5.41, 5.74) is 5.72. The van der Waals surface area contributed by atoms with E-state index in [0.717, 1.165) is 17.7 Å². The lowest BCUT2D eigenvalue weighted by Gasteiger charge is -2.23. The van der Waals surface area contributed by atoms with E-state index in [-0.39, 0.29) is 11.6 Å². The van der Waals surface area contributed by atoms with E-state index in [2.05, 4.69) is 4.98 Å². The van der Waals surface area contributed by atoms with Crippen molar-refractivity contribution in [1.29, 1.82) is 0 Å². The number of anilines is 2. The first kappa shape index (κ1) is 15.2. The van der Waals surface area contributed by atoms with Gasteiger partial charge in [0, 0.05) is 13.1 Å². The Hall–Kier alpha value is -2.24. The largest absolute Gasteiger partial charge is 0.416 e. The van der Waals surface area contributed by atoms with Crippen LogP contribution in [0.2, 0.25) is 0 Å². The Morgan fingerprint density at radius 3 is 2.38 bits per heavy atom. The second kappa shape index (κ2) is 6.03. The van der Waals surface area contributed by atoms with E-state index in [4.69, 9.17) is 5.73 Å². The topological polar surface area (TPSA) is 42.1 Å². The molecule has 21 heavy (non-hydrogen) atoms. The highest BCUT2D eigenvalue weighted by atomic mass is 19.4. The Balaban J connectivity index is 2.32. The molecule has 0 radical (unpaired) electrons. The van der Waals surface area contributed by atoms with Crippen LogP contribution in [-0.2, 0) is 12.7 Å². The van der Waals surface area contributed by atoms with Crippen LogP contribution >= 0.6 is 0 Å². The van der Waals surface area contributed by atoms with Crippen molar-refractivity contribution in [3.8, 4) is 0 Å². The van der Waals surface area contributed by atoms with Crippen molar-refractivity contribution in [2.24, 2.45) is 0 Å². The fourth-order valence-electron chi connectivity index (χ4n) is 2.02. The lowest BCUT2D eigenvalue weighted by atomic mass is 10.2. The minimum Gasteiger partial charge on any atom is -0.384 e. The lowest BCUT2D eigenvalue weighted by Crippen LogP contribution is -2.24. The lowest BCUT2D eigenvalue weighted by molar-refractivity contribution is -0.137. The van der Waals surface area contributed by atoms with Crippen molar-refractivity contribution in [1.82, 2.24) is 4.98 Å². The van der Waals surface area contributed by atoms with Crippen molar-refractivity contribution < 1.29 is 13.2 Å². The van der Waals surface area contributed by atoms with Crippen molar-refractivity contribution in [3.63, 3.8) is 0 Å². The average Bonchev–Trinajstić information content (AvgIpc) is 2.44. The predicted octanol–water partition coefficient (Wildman–Crippen LogP) is 3.71. The van der Waals surface area contributed by atoms with Gasteiger partial charge in [-0.15, -0.1) is 0 Å². The number of aromatic nitrogens is 1. The van der Waals surface area contributed by atoms with E-state index < -0.39 is 11.7 Å².